The summed E-state index contributed by atoms with van der Waals surface area (Å²) in [4.78, 5) is 27.9. The molecule has 1 aromatic heterocycles. The Morgan fingerprint density at radius 3 is 2.34 bits per heavy atom. The summed E-state index contributed by atoms with van der Waals surface area (Å²) in [5.74, 6) is -1.95. The van der Waals surface area contributed by atoms with E-state index in [4.69, 9.17) is 0 Å². The number of fused-ring (bicyclic) bond motifs is 1. The van der Waals surface area contributed by atoms with Crippen molar-refractivity contribution in [3.05, 3.63) is 81.1 Å². The van der Waals surface area contributed by atoms with Gasteiger partial charge in [-0.05, 0) is 43.0 Å². The number of halogens is 3. The van der Waals surface area contributed by atoms with Crippen molar-refractivity contribution in [2.45, 2.75) is 33.0 Å². The summed E-state index contributed by atoms with van der Waals surface area (Å²) in [6.45, 7) is 3.14. The number of nitrogens with zero attached hydrogens (tertiary/aromatic N) is 1. The summed E-state index contributed by atoms with van der Waals surface area (Å²) < 4.78 is 39.4. The smallest absolute Gasteiger partial charge is 0.330 e. The van der Waals surface area contributed by atoms with E-state index in [1.54, 1.807) is 36.4 Å². The van der Waals surface area contributed by atoms with Gasteiger partial charge in [-0.2, -0.15) is 13.2 Å². The number of H-pyrrole nitrogens is 1. The summed E-state index contributed by atoms with van der Waals surface area (Å²) >= 11 is 0. The van der Waals surface area contributed by atoms with Crippen LogP contribution in [-0.4, -0.2) is 28.5 Å². The van der Waals surface area contributed by atoms with E-state index in [0.717, 1.165) is 22.1 Å². The third kappa shape index (κ3) is 4.67. The monoisotopic (exact) mass is 402 g/mol. The van der Waals surface area contributed by atoms with E-state index in [-0.39, 0.29) is 18.5 Å². The molecule has 0 atom stereocenters. The lowest BCUT2D eigenvalue weighted by Crippen LogP contribution is -2.42. The SMILES string of the molecule is Cc1ccc(C)c2[nH]c(=O)c(CN(CCc3ccccc3)C(=O)C(F)(F)F)cc12. The summed E-state index contributed by atoms with van der Waals surface area (Å²) in [7, 11) is 0. The number of benzene rings is 2. The number of alkyl halides is 3. The second kappa shape index (κ2) is 8.11. The van der Waals surface area contributed by atoms with E-state index in [0.29, 0.717) is 10.4 Å². The number of amides is 1. The van der Waals surface area contributed by atoms with Gasteiger partial charge in [-0.25, -0.2) is 0 Å². The molecule has 1 amide bonds. The van der Waals surface area contributed by atoms with Crippen molar-refractivity contribution >= 4 is 16.8 Å². The molecule has 3 rings (SSSR count). The standard InChI is InChI=1S/C22H21F3N2O2/c1-14-8-9-15(2)19-18(14)12-17(20(28)26-19)13-27(21(29)22(23,24)25)11-10-16-6-4-3-5-7-16/h3-9,12H,10-11,13H2,1-2H3,(H,26,28). The first-order valence-electron chi connectivity index (χ1n) is 9.19. The average Bonchev–Trinajstić information content (AvgIpc) is 2.68. The number of hydrogen-bond donors (Lipinski definition) is 1. The first kappa shape index (κ1) is 20.6. The van der Waals surface area contributed by atoms with Gasteiger partial charge in [0, 0.05) is 17.5 Å². The van der Waals surface area contributed by atoms with E-state index in [1.165, 1.54) is 0 Å². The molecule has 0 aliphatic carbocycles. The zero-order chi connectivity index (χ0) is 21.2. The largest absolute Gasteiger partial charge is 0.471 e. The Morgan fingerprint density at radius 2 is 1.69 bits per heavy atom. The molecule has 0 fully saturated rings. The number of carbonyl (C=O) groups is 1. The molecular weight excluding hydrogens is 381 g/mol. The number of carbonyl (C=O) groups excluding carboxylic acids is 1. The van der Waals surface area contributed by atoms with Crippen molar-refractivity contribution in [2.24, 2.45) is 0 Å². The van der Waals surface area contributed by atoms with E-state index in [9.17, 15) is 22.8 Å². The van der Waals surface area contributed by atoms with E-state index in [2.05, 4.69) is 4.98 Å². The molecule has 7 heteroatoms. The maximum atomic E-state index is 13.1. The molecule has 3 aromatic rings. The lowest BCUT2D eigenvalue weighted by Gasteiger charge is -2.24. The molecule has 1 heterocycles. The molecule has 0 saturated heterocycles. The molecule has 0 aliphatic rings. The van der Waals surface area contributed by atoms with Crippen LogP contribution >= 0.6 is 0 Å². The highest BCUT2D eigenvalue weighted by Crippen LogP contribution is 2.23. The molecule has 152 valence electrons. The fourth-order valence-electron chi connectivity index (χ4n) is 3.28. The van der Waals surface area contributed by atoms with Gasteiger partial charge >= 0.3 is 12.1 Å². The summed E-state index contributed by atoms with van der Waals surface area (Å²) in [5, 5.41) is 0.752. The van der Waals surface area contributed by atoms with Crippen molar-refractivity contribution in [3.63, 3.8) is 0 Å². The predicted molar refractivity (Wildman–Crippen MR) is 106 cm³/mol. The third-order valence-corrected chi connectivity index (χ3v) is 4.92. The van der Waals surface area contributed by atoms with Gasteiger partial charge in [-0.1, -0.05) is 42.5 Å². The van der Waals surface area contributed by atoms with Crippen LogP contribution in [0.15, 0.2) is 53.3 Å². The minimum absolute atomic E-state index is 0.122. The number of rotatable bonds is 5. The van der Waals surface area contributed by atoms with Gasteiger partial charge in [0.1, 0.15) is 0 Å². The normalized spacial score (nSPS) is 11.6. The second-order valence-corrected chi connectivity index (χ2v) is 7.07. The number of aromatic amines is 1. The number of hydrogen-bond acceptors (Lipinski definition) is 2. The van der Waals surface area contributed by atoms with Gasteiger partial charge in [0.05, 0.1) is 12.1 Å². The molecule has 2 aromatic carbocycles. The van der Waals surface area contributed by atoms with Gasteiger partial charge < -0.3 is 9.88 Å². The molecule has 0 bridgehead atoms. The van der Waals surface area contributed by atoms with Crippen LogP contribution in [0.5, 0.6) is 0 Å². The highest BCUT2D eigenvalue weighted by Gasteiger charge is 2.42. The van der Waals surface area contributed by atoms with Gasteiger partial charge in [-0.3, -0.25) is 9.59 Å². The van der Waals surface area contributed by atoms with E-state index >= 15 is 0 Å². The number of aromatic nitrogens is 1. The lowest BCUT2D eigenvalue weighted by atomic mass is 10.0. The van der Waals surface area contributed by atoms with Crippen LogP contribution in [0.1, 0.15) is 22.3 Å². The average molecular weight is 402 g/mol. The molecule has 4 nitrogen and oxygen atoms in total. The molecule has 29 heavy (non-hydrogen) atoms. The fourth-order valence-corrected chi connectivity index (χ4v) is 3.28. The Bertz CT molecular complexity index is 1090. The van der Waals surface area contributed by atoms with Crippen LogP contribution < -0.4 is 5.56 Å². The van der Waals surface area contributed by atoms with Crippen LogP contribution in [0.25, 0.3) is 10.9 Å². The van der Waals surface area contributed by atoms with Gasteiger partial charge in [-0.15, -0.1) is 0 Å². The van der Waals surface area contributed by atoms with Crippen LogP contribution in [0.3, 0.4) is 0 Å². The summed E-state index contributed by atoms with van der Waals surface area (Å²) in [5.41, 5.74) is 2.84. The minimum atomic E-state index is -5.01. The quantitative estimate of drug-likeness (QED) is 0.693. The molecule has 0 unspecified atom stereocenters. The molecular formula is C22H21F3N2O2. The highest BCUT2D eigenvalue weighted by atomic mass is 19.4. The third-order valence-electron chi connectivity index (χ3n) is 4.92. The predicted octanol–water partition coefficient (Wildman–Crippen LogP) is 4.28. The van der Waals surface area contributed by atoms with E-state index in [1.807, 2.05) is 26.0 Å². The fraction of sp³-hybridized carbons (Fsp3) is 0.273. The highest BCUT2D eigenvalue weighted by molar-refractivity contribution is 5.85. The van der Waals surface area contributed by atoms with Crippen molar-refractivity contribution in [1.82, 2.24) is 9.88 Å². The van der Waals surface area contributed by atoms with Crippen LogP contribution in [0.4, 0.5) is 13.2 Å². The maximum Gasteiger partial charge on any atom is 0.471 e. The topological polar surface area (TPSA) is 53.2 Å². The Labute approximate surface area is 166 Å². The van der Waals surface area contributed by atoms with Gasteiger partial charge in [0.15, 0.2) is 0 Å². The van der Waals surface area contributed by atoms with Gasteiger partial charge in [0.25, 0.3) is 5.56 Å². The maximum absolute atomic E-state index is 13.1. The van der Waals surface area contributed by atoms with E-state index < -0.39 is 24.2 Å². The Morgan fingerprint density at radius 1 is 1.03 bits per heavy atom. The molecule has 1 N–H and O–H groups in total. The molecule has 0 aliphatic heterocycles. The van der Waals surface area contributed by atoms with Crippen molar-refractivity contribution in [1.29, 1.82) is 0 Å². The second-order valence-electron chi connectivity index (χ2n) is 7.07. The Kier molecular flexibility index (Phi) is 5.77. The molecule has 0 spiro atoms. The first-order chi connectivity index (χ1) is 13.7. The Balaban J connectivity index is 1.94. The van der Waals surface area contributed by atoms with Gasteiger partial charge in [0.2, 0.25) is 0 Å². The van der Waals surface area contributed by atoms with Crippen molar-refractivity contribution in [2.75, 3.05) is 6.54 Å². The molecule has 0 saturated carbocycles. The zero-order valence-electron chi connectivity index (χ0n) is 16.1. The lowest BCUT2D eigenvalue weighted by molar-refractivity contribution is -0.186. The first-order valence-corrected chi connectivity index (χ1v) is 9.19. The van der Waals surface area contributed by atoms with Crippen molar-refractivity contribution < 1.29 is 18.0 Å². The molecule has 0 radical (unpaired) electrons. The van der Waals surface area contributed by atoms with Crippen LogP contribution in [0, 0.1) is 13.8 Å². The summed E-state index contributed by atoms with van der Waals surface area (Å²) in [6, 6.07) is 14.3. The van der Waals surface area contributed by atoms with Crippen LogP contribution in [-0.2, 0) is 17.8 Å². The number of aryl methyl sites for hydroxylation is 2. The minimum Gasteiger partial charge on any atom is -0.330 e. The van der Waals surface area contributed by atoms with Crippen LogP contribution in [0.2, 0.25) is 0 Å². The zero-order valence-corrected chi connectivity index (χ0v) is 16.1. The van der Waals surface area contributed by atoms with Crippen molar-refractivity contribution in [3.8, 4) is 0 Å². The number of nitrogens with one attached hydrogen (secondary N) is 1. The number of pyridine rings is 1. The summed E-state index contributed by atoms with van der Waals surface area (Å²) in [6.07, 6.45) is -4.75. The Hall–Kier alpha value is -3.09.